The first-order valence-electron chi connectivity index (χ1n) is 14.2. The first kappa shape index (κ1) is 30.3. The Balaban J connectivity index is 1.60. The molecule has 1 aromatic heterocycles. The molecule has 0 saturated heterocycles. The van der Waals surface area contributed by atoms with Crippen LogP contribution in [0.3, 0.4) is 0 Å². The molecule has 0 bridgehead atoms. The van der Waals surface area contributed by atoms with Gasteiger partial charge in [-0.3, -0.25) is 9.69 Å². The molecule has 6 rings (SSSR count). The molecule has 0 saturated carbocycles. The van der Waals surface area contributed by atoms with E-state index in [-0.39, 0.29) is 69.6 Å². The van der Waals surface area contributed by atoms with Crippen molar-refractivity contribution in [1.29, 1.82) is 0 Å². The number of hydrogen-bond acceptors (Lipinski definition) is 8. The third-order valence-electron chi connectivity index (χ3n) is 7.86. The molecule has 12 heteroatoms. The Morgan fingerprint density at radius 3 is 2.51 bits per heavy atom. The van der Waals surface area contributed by atoms with Crippen LogP contribution < -0.4 is 15.0 Å². The Kier molecular flexibility index (Phi) is 7.43. The number of allylic oxidation sites excluding steroid dienone is 1. The van der Waals surface area contributed by atoms with Gasteiger partial charge in [-0.15, -0.1) is 0 Å². The van der Waals surface area contributed by atoms with E-state index in [9.17, 15) is 18.3 Å². The highest BCUT2D eigenvalue weighted by atomic mass is 32.2. The van der Waals surface area contributed by atoms with Gasteiger partial charge in [0.15, 0.2) is 33.0 Å². The number of carbonyl (C=O) groups excluding carboxylic acids is 1. The monoisotopic (exact) mass is 635 g/mol. The Labute approximate surface area is 259 Å². The van der Waals surface area contributed by atoms with E-state index >= 15 is 8.78 Å². The number of sulfone groups is 1. The lowest BCUT2D eigenvalue weighted by Gasteiger charge is -2.37. The van der Waals surface area contributed by atoms with Gasteiger partial charge in [0.25, 0.3) is 5.91 Å². The molecule has 2 aliphatic heterocycles. The smallest absolute Gasteiger partial charge is 0.281 e. The Morgan fingerprint density at radius 2 is 1.82 bits per heavy atom. The number of phenols is 1. The van der Waals surface area contributed by atoms with Gasteiger partial charge in [0.05, 0.1) is 16.3 Å². The fourth-order valence-corrected chi connectivity index (χ4v) is 8.41. The summed E-state index contributed by atoms with van der Waals surface area (Å²) in [6.07, 6.45) is 0.179. The molecule has 45 heavy (non-hydrogen) atoms. The van der Waals surface area contributed by atoms with E-state index in [2.05, 4.69) is 10.3 Å². The maximum absolute atomic E-state index is 16.3. The second-order valence-corrected chi connectivity index (χ2v) is 14.0. The van der Waals surface area contributed by atoms with Crippen LogP contribution in [-0.4, -0.2) is 30.2 Å². The third-order valence-corrected chi connectivity index (χ3v) is 10.2. The molecule has 4 aromatic rings. The number of fused-ring (bicyclic) bond motifs is 1. The molecule has 0 radical (unpaired) electrons. The zero-order valence-electron chi connectivity index (χ0n) is 25.0. The summed E-state index contributed by atoms with van der Waals surface area (Å²) in [6.45, 7) is 6.56. The minimum Gasteiger partial charge on any atom is -0.506 e. The fourth-order valence-electron chi connectivity index (χ4n) is 6.05. The van der Waals surface area contributed by atoms with Gasteiger partial charge in [-0.25, -0.2) is 17.8 Å². The Hall–Kier alpha value is -4.71. The average molecular weight is 636 g/mol. The van der Waals surface area contributed by atoms with Crippen LogP contribution in [0.15, 0.2) is 75.7 Å². The maximum atomic E-state index is 16.3. The first-order chi connectivity index (χ1) is 21.3. The number of carbonyl (C=O) groups is 1. The molecular formula is C33H31F2N3O6S. The number of phenolic OH excluding ortho intramolecular Hbond substituents is 1. The van der Waals surface area contributed by atoms with Crippen LogP contribution in [0.4, 0.5) is 20.2 Å². The number of aromatic nitrogens is 1. The molecule has 0 spiro atoms. The van der Waals surface area contributed by atoms with Crippen molar-refractivity contribution in [2.45, 2.75) is 46.8 Å². The second-order valence-electron chi connectivity index (χ2n) is 12.0. The molecule has 9 nitrogen and oxygen atoms in total. The second kappa shape index (κ2) is 11.0. The first-order valence-corrected chi connectivity index (χ1v) is 15.9. The molecule has 234 valence electrons. The molecule has 1 amide bonds. The molecule has 3 aromatic carbocycles. The topological polar surface area (TPSA) is 122 Å². The lowest BCUT2D eigenvalue weighted by Crippen LogP contribution is -2.41. The number of halogens is 2. The van der Waals surface area contributed by atoms with Crippen LogP contribution in [-0.2, 0) is 16.4 Å². The molecule has 2 N–H and O–H groups in total. The van der Waals surface area contributed by atoms with E-state index < -0.39 is 44.4 Å². The summed E-state index contributed by atoms with van der Waals surface area (Å²) in [5.41, 5.74) is -0.350. The summed E-state index contributed by atoms with van der Waals surface area (Å²) in [4.78, 5) is 19.4. The summed E-state index contributed by atoms with van der Waals surface area (Å²) in [6, 6.07) is 14.0. The highest BCUT2D eigenvalue weighted by molar-refractivity contribution is 7.95. The highest BCUT2D eigenvalue weighted by Gasteiger charge is 2.48. The normalized spacial score (nSPS) is 18.4. The quantitative estimate of drug-likeness (QED) is 0.232. The molecule has 1 unspecified atom stereocenters. The van der Waals surface area contributed by atoms with Crippen molar-refractivity contribution in [2.24, 2.45) is 5.41 Å². The standard InChI is InChI=1S/C33H31F2N3O6S/c1-18-28(36-19(2)44-18)32(40)38-23-11-8-12-24(39)29(23)37-22-15-33(3,4)17-45(41,42)31(22)30(38)21-13-14-25(27(35)26(21)34)43-16-20-9-6-5-7-10-20/h5-14,30,37,39H,15-17H2,1-4H3. The molecule has 2 aliphatic rings. The molecule has 1 atom stereocenters. The van der Waals surface area contributed by atoms with Crippen molar-refractivity contribution >= 4 is 27.1 Å². The number of ether oxygens (including phenoxy) is 1. The summed E-state index contributed by atoms with van der Waals surface area (Å²) in [7, 11) is -4.20. The van der Waals surface area contributed by atoms with E-state index in [0.29, 0.717) is 0 Å². The van der Waals surface area contributed by atoms with Gasteiger partial charge >= 0.3 is 0 Å². The van der Waals surface area contributed by atoms with Gasteiger partial charge in [0, 0.05) is 18.2 Å². The molecule has 0 aliphatic carbocycles. The van der Waals surface area contributed by atoms with Crippen molar-refractivity contribution in [3.8, 4) is 11.5 Å². The molecule has 0 fully saturated rings. The van der Waals surface area contributed by atoms with Gasteiger partial charge < -0.3 is 19.6 Å². The predicted octanol–water partition coefficient (Wildman–Crippen LogP) is 6.72. The van der Waals surface area contributed by atoms with Crippen LogP contribution in [0, 0.1) is 30.9 Å². The number of nitrogens with one attached hydrogen (secondary N) is 1. The summed E-state index contributed by atoms with van der Waals surface area (Å²) in [5, 5.41) is 14.0. The van der Waals surface area contributed by atoms with E-state index in [4.69, 9.17) is 9.15 Å². The number of anilines is 2. The number of amides is 1. The molecular weight excluding hydrogens is 604 g/mol. The zero-order valence-corrected chi connectivity index (χ0v) is 25.8. The number of para-hydroxylation sites is 1. The number of aromatic hydroxyl groups is 1. The number of nitrogens with zero attached hydrogens (tertiary/aromatic N) is 2. The van der Waals surface area contributed by atoms with E-state index in [1.807, 2.05) is 6.07 Å². The van der Waals surface area contributed by atoms with Gasteiger partial charge in [-0.2, -0.15) is 4.39 Å². The minimum absolute atomic E-state index is 0.0370. The zero-order chi connectivity index (χ0) is 32.3. The van der Waals surface area contributed by atoms with Crippen LogP contribution >= 0.6 is 0 Å². The minimum atomic E-state index is -4.20. The van der Waals surface area contributed by atoms with Gasteiger partial charge in [0.2, 0.25) is 5.82 Å². The predicted molar refractivity (Wildman–Crippen MR) is 164 cm³/mol. The van der Waals surface area contributed by atoms with Gasteiger partial charge in [0.1, 0.15) is 29.8 Å². The third kappa shape index (κ3) is 5.43. The van der Waals surface area contributed by atoms with Crippen molar-refractivity contribution in [3.63, 3.8) is 0 Å². The van der Waals surface area contributed by atoms with Crippen molar-refractivity contribution in [2.75, 3.05) is 16.0 Å². The Morgan fingerprint density at radius 1 is 1.09 bits per heavy atom. The van der Waals surface area contributed by atoms with Crippen LogP contribution in [0.25, 0.3) is 0 Å². The van der Waals surface area contributed by atoms with Gasteiger partial charge in [-0.05, 0) is 48.6 Å². The summed E-state index contributed by atoms with van der Waals surface area (Å²) in [5.74, 6) is -4.20. The summed E-state index contributed by atoms with van der Waals surface area (Å²) < 4.78 is 71.5. The SMILES string of the molecule is Cc1nc(C(=O)N2c3cccc(O)c3NC3=C(C2c2ccc(OCc4ccccc4)c(F)c2F)S(=O)(=O)CC(C)(C)C3)c(C)o1. The van der Waals surface area contributed by atoms with Gasteiger partial charge in [-0.1, -0.05) is 50.2 Å². The summed E-state index contributed by atoms with van der Waals surface area (Å²) >= 11 is 0. The highest BCUT2D eigenvalue weighted by Crippen LogP contribution is 2.52. The number of oxazole rings is 1. The van der Waals surface area contributed by atoms with Crippen molar-refractivity contribution in [3.05, 3.63) is 111 Å². The van der Waals surface area contributed by atoms with E-state index in [0.717, 1.165) is 10.5 Å². The fraction of sp³-hybridized carbons (Fsp3) is 0.273. The lowest BCUT2D eigenvalue weighted by molar-refractivity contribution is 0.0974. The number of aryl methyl sites for hydroxylation is 2. The number of hydrogen-bond donors (Lipinski definition) is 2. The van der Waals surface area contributed by atoms with E-state index in [1.54, 1.807) is 45.0 Å². The Bertz CT molecular complexity index is 1970. The number of benzene rings is 3. The van der Waals surface area contributed by atoms with E-state index in [1.165, 1.54) is 37.3 Å². The largest absolute Gasteiger partial charge is 0.506 e. The van der Waals surface area contributed by atoms with Crippen LogP contribution in [0.1, 0.15) is 59.6 Å². The lowest BCUT2D eigenvalue weighted by atomic mass is 9.88. The van der Waals surface area contributed by atoms with Crippen molar-refractivity contribution in [1.82, 2.24) is 4.98 Å². The van der Waals surface area contributed by atoms with Crippen LogP contribution in [0.2, 0.25) is 0 Å². The van der Waals surface area contributed by atoms with Crippen LogP contribution in [0.5, 0.6) is 11.5 Å². The number of rotatable bonds is 5. The average Bonchev–Trinajstić information content (AvgIpc) is 3.23. The maximum Gasteiger partial charge on any atom is 0.281 e. The van der Waals surface area contributed by atoms with Crippen molar-refractivity contribution < 1.29 is 36.3 Å². The molecule has 3 heterocycles.